The SMILES string of the molecule is COCCCN1CCOc2ccc(CO[C@H]3CNC[C@@H](OC[C@H](O)COC)[C@@H]3c3ccc(C#N)cc3)cc21. The van der Waals surface area contributed by atoms with Gasteiger partial charge in [-0.05, 0) is 41.8 Å². The minimum atomic E-state index is -0.701. The van der Waals surface area contributed by atoms with Crippen LogP contribution in [0.4, 0.5) is 5.69 Å². The van der Waals surface area contributed by atoms with Gasteiger partial charge in [-0.1, -0.05) is 18.2 Å². The Labute approximate surface area is 225 Å². The van der Waals surface area contributed by atoms with Crippen molar-refractivity contribution in [3.8, 4) is 11.8 Å². The lowest BCUT2D eigenvalue weighted by Crippen LogP contribution is -2.51. The Morgan fingerprint density at radius 1 is 1.08 bits per heavy atom. The van der Waals surface area contributed by atoms with Crippen molar-refractivity contribution in [3.63, 3.8) is 0 Å². The molecule has 2 aromatic rings. The molecule has 2 N–H and O–H groups in total. The average molecular weight is 526 g/mol. The van der Waals surface area contributed by atoms with E-state index in [1.807, 2.05) is 30.3 Å². The number of benzene rings is 2. The molecule has 0 bridgehead atoms. The van der Waals surface area contributed by atoms with Crippen LogP contribution >= 0.6 is 0 Å². The van der Waals surface area contributed by atoms with Crippen molar-refractivity contribution in [1.82, 2.24) is 5.32 Å². The first-order valence-electron chi connectivity index (χ1n) is 13.2. The minimum Gasteiger partial charge on any atom is -0.490 e. The van der Waals surface area contributed by atoms with Crippen molar-refractivity contribution >= 4 is 5.69 Å². The first-order chi connectivity index (χ1) is 18.6. The van der Waals surface area contributed by atoms with Gasteiger partial charge in [-0.25, -0.2) is 0 Å². The number of aliphatic hydroxyl groups is 1. The van der Waals surface area contributed by atoms with E-state index in [1.54, 1.807) is 14.2 Å². The monoisotopic (exact) mass is 525 g/mol. The van der Waals surface area contributed by atoms with Crippen LogP contribution in [0.2, 0.25) is 0 Å². The van der Waals surface area contributed by atoms with Gasteiger partial charge in [0.25, 0.3) is 0 Å². The Morgan fingerprint density at radius 3 is 2.61 bits per heavy atom. The average Bonchev–Trinajstić information content (AvgIpc) is 2.95. The van der Waals surface area contributed by atoms with E-state index in [4.69, 9.17) is 23.7 Å². The summed E-state index contributed by atoms with van der Waals surface area (Å²) in [4.78, 5) is 2.35. The van der Waals surface area contributed by atoms with Crippen LogP contribution in [0.1, 0.15) is 29.0 Å². The molecule has 4 atom stereocenters. The Balaban J connectivity index is 1.48. The molecule has 4 rings (SSSR count). The van der Waals surface area contributed by atoms with Gasteiger partial charge < -0.3 is 39.0 Å². The maximum atomic E-state index is 10.2. The second kappa shape index (κ2) is 14.4. The number of piperidine rings is 1. The van der Waals surface area contributed by atoms with Crippen LogP contribution in [-0.2, 0) is 25.6 Å². The van der Waals surface area contributed by atoms with Crippen LogP contribution in [0, 0.1) is 11.3 Å². The number of anilines is 1. The summed E-state index contributed by atoms with van der Waals surface area (Å²) >= 11 is 0. The maximum absolute atomic E-state index is 10.2. The fourth-order valence-corrected chi connectivity index (χ4v) is 5.11. The van der Waals surface area contributed by atoms with E-state index in [9.17, 15) is 10.4 Å². The molecular weight excluding hydrogens is 486 g/mol. The summed E-state index contributed by atoms with van der Waals surface area (Å²) in [5.74, 6) is 0.834. The summed E-state index contributed by atoms with van der Waals surface area (Å²) < 4.78 is 28.9. The number of rotatable bonds is 13. The smallest absolute Gasteiger partial charge is 0.142 e. The number of ether oxygens (including phenoxy) is 5. The van der Waals surface area contributed by atoms with E-state index in [0.717, 1.165) is 48.7 Å². The molecular formula is C29H39N3O6. The van der Waals surface area contributed by atoms with E-state index in [2.05, 4.69) is 28.4 Å². The standard InChI is InChI=1S/C29H39N3O6/c1-34-12-3-10-32-11-13-36-26-9-6-22(14-25(26)32)18-37-27-16-31-17-28(38-20-24(33)19-35-2)29(27)23-7-4-21(15-30)5-8-23/h4-9,14,24,27-29,31,33H,3,10-13,16-20H2,1-2H3/t24-,27+,28-,29-/m1/s1. The first-order valence-corrected chi connectivity index (χ1v) is 13.2. The van der Waals surface area contributed by atoms with Crippen LogP contribution in [0.5, 0.6) is 5.75 Å². The molecule has 0 saturated carbocycles. The fourth-order valence-electron chi connectivity index (χ4n) is 5.11. The van der Waals surface area contributed by atoms with Crippen molar-refractivity contribution in [2.24, 2.45) is 0 Å². The van der Waals surface area contributed by atoms with Crippen LogP contribution < -0.4 is 15.0 Å². The molecule has 2 aliphatic rings. The van der Waals surface area contributed by atoms with Gasteiger partial charge in [-0.15, -0.1) is 0 Å². The summed E-state index contributed by atoms with van der Waals surface area (Å²) in [7, 11) is 3.28. The molecule has 2 aromatic carbocycles. The number of fused-ring (bicyclic) bond motifs is 1. The zero-order valence-electron chi connectivity index (χ0n) is 22.3. The van der Waals surface area contributed by atoms with Gasteiger partial charge in [0.2, 0.25) is 0 Å². The molecule has 2 heterocycles. The maximum Gasteiger partial charge on any atom is 0.142 e. The van der Waals surface area contributed by atoms with Gasteiger partial charge in [0.1, 0.15) is 18.5 Å². The van der Waals surface area contributed by atoms with Crippen molar-refractivity contribution in [3.05, 3.63) is 59.2 Å². The molecule has 1 fully saturated rings. The number of nitriles is 1. The number of methoxy groups -OCH3 is 2. The highest BCUT2D eigenvalue weighted by Crippen LogP contribution is 2.34. The zero-order chi connectivity index (χ0) is 26.7. The third-order valence-corrected chi connectivity index (χ3v) is 7.00. The van der Waals surface area contributed by atoms with E-state index in [0.29, 0.717) is 31.9 Å². The van der Waals surface area contributed by atoms with Gasteiger partial charge in [0.15, 0.2) is 0 Å². The van der Waals surface area contributed by atoms with Crippen LogP contribution in [0.3, 0.4) is 0 Å². The third-order valence-electron chi connectivity index (χ3n) is 7.00. The fraction of sp³-hybridized carbons (Fsp3) is 0.552. The summed E-state index contributed by atoms with van der Waals surface area (Å²) in [6.07, 6.45) is -0.114. The molecule has 1 saturated heterocycles. The molecule has 9 nitrogen and oxygen atoms in total. The number of hydrogen-bond acceptors (Lipinski definition) is 9. The molecule has 0 unspecified atom stereocenters. The van der Waals surface area contributed by atoms with Gasteiger partial charge in [-0.2, -0.15) is 5.26 Å². The van der Waals surface area contributed by atoms with Gasteiger partial charge in [0, 0.05) is 46.4 Å². The lowest BCUT2D eigenvalue weighted by Gasteiger charge is -2.39. The summed E-state index contributed by atoms with van der Waals surface area (Å²) in [6, 6.07) is 16.0. The van der Waals surface area contributed by atoms with Gasteiger partial charge in [0.05, 0.1) is 55.9 Å². The predicted octanol–water partition coefficient (Wildman–Crippen LogP) is 2.46. The molecule has 0 amide bonds. The molecule has 0 aromatic heterocycles. The van der Waals surface area contributed by atoms with Crippen molar-refractivity contribution in [2.75, 3.05) is 71.7 Å². The highest BCUT2D eigenvalue weighted by atomic mass is 16.5. The van der Waals surface area contributed by atoms with Crippen molar-refractivity contribution in [2.45, 2.75) is 37.3 Å². The largest absolute Gasteiger partial charge is 0.490 e. The molecule has 0 aliphatic carbocycles. The molecule has 38 heavy (non-hydrogen) atoms. The Bertz CT molecular complexity index is 1040. The number of nitrogens with one attached hydrogen (secondary N) is 1. The Kier molecular flexibility index (Phi) is 10.8. The van der Waals surface area contributed by atoms with E-state index in [1.165, 1.54) is 0 Å². The van der Waals surface area contributed by atoms with Crippen molar-refractivity contribution < 1.29 is 28.8 Å². The van der Waals surface area contributed by atoms with E-state index >= 15 is 0 Å². The molecule has 0 spiro atoms. The molecule has 9 heteroatoms. The molecule has 0 radical (unpaired) electrons. The Morgan fingerprint density at radius 2 is 1.87 bits per heavy atom. The normalized spacial score (nSPS) is 21.8. The van der Waals surface area contributed by atoms with Crippen molar-refractivity contribution in [1.29, 1.82) is 5.26 Å². The van der Waals surface area contributed by atoms with Gasteiger partial charge >= 0.3 is 0 Å². The number of aliphatic hydroxyl groups excluding tert-OH is 1. The van der Waals surface area contributed by atoms with Gasteiger partial charge in [-0.3, -0.25) is 0 Å². The highest BCUT2D eigenvalue weighted by Gasteiger charge is 2.36. The minimum absolute atomic E-state index is 0.0646. The topological polar surface area (TPSA) is 105 Å². The second-order valence-corrected chi connectivity index (χ2v) is 9.73. The summed E-state index contributed by atoms with van der Waals surface area (Å²) in [6.45, 7) is 5.30. The quantitative estimate of drug-likeness (QED) is 0.382. The van der Waals surface area contributed by atoms with Crippen LogP contribution in [0.15, 0.2) is 42.5 Å². The van der Waals surface area contributed by atoms with E-state index in [-0.39, 0.29) is 31.3 Å². The van der Waals surface area contributed by atoms with E-state index < -0.39 is 6.10 Å². The summed E-state index contributed by atoms with van der Waals surface area (Å²) in [5.41, 5.74) is 3.82. The summed E-state index contributed by atoms with van der Waals surface area (Å²) in [5, 5.41) is 22.8. The second-order valence-electron chi connectivity index (χ2n) is 9.73. The number of nitrogens with zero attached hydrogens (tertiary/aromatic N) is 2. The van der Waals surface area contributed by atoms with Crippen LogP contribution in [0.25, 0.3) is 0 Å². The zero-order valence-corrected chi connectivity index (χ0v) is 22.3. The molecule has 206 valence electrons. The lowest BCUT2D eigenvalue weighted by molar-refractivity contribution is -0.0856. The molecule has 2 aliphatic heterocycles. The highest BCUT2D eigenvalue weighted by molar-refractivity contribution is 5.61. The first kappa shape index (κ1) is 28.3. The Hall–Kier alpha value is -2.71. The number of hydrogen-bond donors (Lipinski definition) is 2. The lowest BCUT2D eigenvalue weighted by atomic mass is 9.85. The van der Waals surface area contributed by atoms with Crippen LogP contribution in [-0.4, -0.2) is 90.2 Å². The predicted molar refractivity (Wildman–Crippen MR) is 144 cm³/mol. The third kappa shape index (κ3) is 7.44.